The summed E-state index contributed by atoms with van der Waals surface area (Å²) in [7, 11) is 0. The summed E-state index contributed by atoms with van der Waals surface area (Å²) >= 11 is 0. The molecular weight excluding hydrogens is 224 g/mol. The van der Waals surface area contributed by atoms with Crippen LogP contribution in [0.5, 0.6) is 0 Å². The van der Waals surface area contributed by atoms with Crippen LogP contribution in [0.4, 0.5) is 8.78 Å². The Morgan fingerprint density at radius 2 is 1.82 bits per heavy atom. The van der Waals surface area contributed by atoms with Crippen LogP contribution in [0.1, 0.15) is 32.3 Å². The van der Waals surface area contributed by atoms with E-state index in [9.17, 15) is 13.9 Å². The molecule has 1 atom stereocenters. The molecule has 0 radical (unpaired) electrons. The van der Waals surface area contributed by atoms with Gasteiger partial charge in [-0.05, 0) is 31.0 Å². The molecule has 96 valence electrons. The van der Waals surface area contributed by atoms with Crippen LogP contribution >= 0.6 is 0 Å². The zero-order chi connectivity index (χ0) is 12.9. The van der Waals surface area contributed by atoms with Gasteiger partial charge < -0.3 is 10.4 Å². The summed E-state index contributed by atoms with van der Waals surface area (Å²) in [6.45, 7) is 4.26. The van der Waals surface area contributed by atoms with Crippen molar-refractivity contribution in [2.45, 2.75) is 38.8 Å². The van der Waals surface area contributed by atoms with Crippen molar-refractivity contribution in [3.63, 3.8) is 0 Å². The molecular formula is C13H19F2NO. The largest absolute Gasteiger partial charge is 0.394 e. The highest BCUT2D eigenvalue weighted by atomic mass is 19.1. The molecule has 1 rings (SSSR count). The van der Waals surface area contributed by atoms with E-state index in [1.807, 2.05) is 13.8 Å². The van der Waals surface area contributed by atoms with Gasteiger partial charge in [0.05, 0.1) is 6.61 Å². The van der Waals surface area contributed by atoms with Crippen LogP contribution in [0.2, 0.25) is 0 Å². The Labute approximate surface area is 101 Å². The number of aliphatic hydroxyl groups is 1. The lowest BCUT2D eigenvalue weighted by Crippen LogP contribution is -2.45. The maximum absolute atomic E-state index is 13.0. The average molecular weight is 243 g/mol. The first kappa shape index (κ1) is 14.1. The number of hydrogen-bond donors (Lipinski definition) is 2. The number of halogens is 2. The molecule has 0 saturated heterocycles. The van der Waals surface area contributed by atoms with Crippen LogP contribution < -0.4 is 5.32 Å². The minimum atomic E-state index is -0.581. The Balaban J connectivity index is 2.65. The molecule has 1 aromatic carbocycles. The normalized spacial score (nSPS) is 14.6. The molecule has 0 amide bonds. The van der Waals surface area contributed by atoms with Crippen molar-refractivity contribution in [3.05, 3.63) is 35.4 Å². The van der Waals surface area contributed by atoms with Crippen molar-refractivity contribution in [2.75, 3.05) is 6.61 Å². The highest BCUT2D eigenvalue weighted by molar-refractivity contribution is 5.18. The zero-order valence-corrected chi connectivity index (χ0v) is 10.3. The van der Waals surface area contributed by atoms with Gasteiger partial charge in [-0.3, -0.25) is 0 Å². The van der Waals surface area contributed by atoms with Gasteiger partial charge in [0, 0.05) is 18.2 Å². The summed E-state index contributed by atoms with van der Waals surface area (Å²) in [5.41, 5.74) is 0.135. The summed E-state index contributed by atoms with van der Waals surface area (Å²) in [6.07, 6.45) is 1.74. The SMILES string of the molecule is CCCC(C)(CO)NCc1cc(F)cc(F)c1. The van der Waals surface area contributed by atoms with Crippen LogP contribution in [0.3, 0.4) is 0 Å². The van der Waals surface area contributed by atoms with Crippen molar-refractivity contribution in [1.29, 1.82) is 0 Å². The van der Waals surface area contributed by atoms with Gasteiger partial charge in [0.2, 0.25) is 0 Å². The van der Waals surface area contributed by atoms with Crippen LogP contribution in [0.15, 0.2) is 18.2 Å². The van der Waals surface area contributed by atoms with E-state index in [-0.39, 0.29) is 6.61 Å². The molecule has 2 N–H and O–H groups in total. The second kappa shape index (κ2) is 6.07. The molecule has 0 aliphatic heterocycles. The lowest BCUT2D eigenvalue weighted by Gasteiger charge is -2.28. The summed E-state index contributed by atoms with van der Waals surface area (Å²) < 4.78 is 25.9. The monoisotopic (exact) mass is 243 g/mol. The summed E-state index contributed by atoms with van der Waals surface area (Å²) in [6, 6.07) is 3.43. The third-order valence-corrected chi connectivity index (χ3v) is 2.79. The van der Waals surface area contributed by atoms with Crippen LogP contribution in [-0.4, -0.2) is 17.3 Å². The Morgan fingerprint density at radius 3 is 2.29 bits per heavy atom. The quantitative estimate of drug-likeness (QED) is 0.805. The Hall–Kier alpha value is -1.00. The summed E-state index contributed by atoms with van der Waals surface area (Å²) in [4.78, 5) is 0. The van der Waals surface area contributed by atoms with Crippen LogP contribution in [0.25, 0.3) is 0 Å². The zero-order valence-electron chi connectivity index (χ0n) is 10.3. The number of rotatable bonds is 6. The van der Waals surface area contributed by atoms with E-state index in [4.69, 9.17) is 0 Å². The van der Waals surface area contributed by atoms with Gasteiger partial charge in [-0.2, -0.15) is 0 Å². The van der Waals surface area contributed by atoms with Gasteiger partial charge in [-0.1, -0.05) is 13.3 Å². The predicted molar refractivity (Wildman–Crippen MR) is 63.6 cm³/mol. The van der Waals surface area contributed by atoms with Crippen LogP contribution in [-0.2, 0) is 6.54 Å². The standard InChI is InChI=1S/C13H19F2NO/c1-3-4-13(2,9-17)16-8-10-5-11(14)7-12(15)6-10/h5-7,16-17H,3-4,8-9H2,1-2H3. The number of hydrogen-bond acceptors (Lipinski definition) is 2. The summed E-state index contributed by atoms with van der Waals surface area (Å²) in [5.74, 6) is -1.16. The topological polar surface area (TPSA) is 32.3 Å². The molecule has 0 heterocycles. The van der Waals surface area contributed by atoms with Gasteiger partial charge >= 0.3 is 0 Å². The molecule has 0 aromatic heterocycles. The Kier molecular flexibility index (Phi) is 5.02. The molecule has 0 saturated carbocycles. The minimum Gasteiger partial charge on any atom is -0.394 e. The fraction of sp³-hybridized carbons (Fsp3) is 0.538. The van der Waals surface area contributed by atoms with E-state index in [0.29, 0.717) is 12.1 Å². The van der Waals surface area contributed by atoms with E-state index < -0.39 is 17.2 Å². The number of nitrogens with one attached hydrogen (secondary N) is 1. The fourth-order valence-electron chi connectivity index (χ4n) is 1.80. The van der Waals surface area contributed by atoms with Gasteiger partial charge in [-0.25, -0.2) is 8.78 Å². The molecule has 4 heteroatoms. The third-order valence-electron chi connectivity index (χ3n) is 2.79. The molecule has 0 fully saturated rings. The molecule has 17 heavy (non-hydrogen) atoms. The molecule has 0 aliphatic carbocycles. The maximum atomic E-state index is 13.0. The van der Waals surface area contributed by atoms with E-state index in [2.05, 4.69) is 5.32 Å². The highest BCUT2D eigenvalue weighted by Crippen LogP contribution is 2.14. The maximum Gasteiger partial charge on any atom is 0.126 e. The average Bonchev–Trinajstić information content (AvgIpc) is 2.26. The number of benzene rings is 1. The highest BCUT2D eigenvalue weighted by Gasteiger charge is 2.21. The lowest BCUT2D eigenvalue weighted by molar-refractivity contribution is 0.163. The first-order chi connectivity index (χ1) is 7.99. The van der Waals surface area contributed by atoms with Crippen molar-refractivity contribution >= 4 is 0 Å². The minimum absolute atomic E-state index is 0.00135. The van der Waals surface area contributed by atoms with Crippen molar-refractivity contribution < 1.29 is 13.9 Å². The molecule has 1 unspecified atom stereocenters. The van der Waals surface area contributed by atoms with Gasteiger partial charge in [0.1, 0.15) is 11.6 Å². The number of aliphatic hydroxyl groups excluding tert-OH is 1. The second-order valence-electron chi connectivity index (χ2n) is 4.60. The van der Waals surface area contributed by atoms with Gasteiger partial charge in [0.15, 0.2) is 0 Å². The van der Waals surface area contributed by atoms with E-state index in [0.717, 1.165) is 18.9 Å². The smallest absolute Gasteiger partial charge is 0.126 e. The molecule has 0 spiro atoms. The van der Waals surface area contributed by atoms with Crippen molar-refractivity contribution in [1.82, 2.24) is 5.32 Å². The Morgan fingerprint density at radius 1 is 1.24 bits per heavy atom. The van der Waals surface area contributed by atoms with Gasteiger partial charge in [0.25, 0.3) is 0 Å². The van der Waals surface area contributed by atoms with Crippen molar-refractivity contribution in [2.24, 2.45) is 0 Å². The second-order valence-corrected chi connectivity index (χ2v) is 4.60. The van der Waals surface area contributed by atoms with Gasteiger partial charge in [-0.15, -0.1) is 0 Å². The predicted octanol–water partition coefficient (Wildman–Crippen LogP) is 2.61. The molecule has 0 bridgehead atoms. The lowest BCUT2D eigenvalue weighted by atomic mass is 9.97. The third kappa shape index (κ3) is 4.40. The first-order valence-electron chi connectivity index (χ1n) is 5.80. The molecule has 1 aromatic rings. The molecule has 2 nitrogen and oxygen atoms in total. The van der Waals surface area contributed by atoms with E-state index in [1.165, 1.54) is 12.1 Å². The Bertz CT molecular complexity index is 350. The first-order valence-corrected chi connectivity index (χ1v) is 5.80. The molecule has 0 aliphatic rings. The van der Waals surface area contributed by atoms with E-state index in [1.54, 1.807) is 0 Å². The van der Waals surface area contributed by atoms with E-state index >= 15 is 0 Å². The van der Waals surface area contributed by atoms with Crippen molar-refractivity contribution in [3.8, 4) is 0 Å². The van der Waals surface area contributed by atoms with Crippen LogP contribution in [0, 0.1) is 11.6 Å². The fourth-order valence-corrected chi connectivity index (χ4v) is 1.80. The summed E-state index contributed by atoms with van der Waals surface area (Å²) in [5, 5.41) is 12.4.